The number of ether oxygens (including phenoxy) is 2. The molecule has 0 fully saturated rings. The van der Waals surface area contributed by atoms with E-state index >= 15 is 0 Å². The van der Waals surface area contributed by atoms with Crippen molar-refractivity contribution < 1.29 is 14.3 Å². The molecule has 0 N–H and O–H groups in total. The number of alkyl halides is 1. The van der Waals surface area contributed by atoms with Gasteiger partial charge in [0.1, 0.15) is 11.5 Å². The van der Waals surface area contributed by atoms with Gasteiger partial charge in [-0.05, 0) is 18.6 Å². The molecule has 0 amide bonds. The predicted molar refractivity (Wildman–Crippen MR) is 63.2 cm³/mol. The Bertz CT molecular complexity index is 322. The number of methoxy groups -OCH3 is 2. The Labute approximate surface area is 101 Å². The fraction of sp³-hybridized carbons (Fsp3) is 0.583. The number of carbonyl (C=O) groups excluding carboxylic acids is 1. The maximum Gasteiger partial charge on any atom is 0.217 e. The highest BCUT2D eigenvalue weighted by atomic mass is 35.5. The molecular formula is C12H17ClO3. The molecule has 0 saturated heterocycles. The SMILES string of the molecule is CCCC(=O)C1C=CC(Cl)(OC)C(OC)=C1. The molecule has 0 spiro atoms. The zero-order valence-corrected chi connectivity index (χ0v) is 10.6. The van der Waals surface area contributed by atoms with Crippen molar-refractivity contribution in [2.45, 2.75) is 24.8 Å². The van der Waals surface area contributed by atoms with E-state index in [1.165, 1.54) is 14.2 Å². The Morgan fingerprint density at radius 1 is 1.56 bits per heavy atom. The average molecular weight is 245 g/mol. The maximum atomic E-state index is 11.7. The molecule has 1 aliphatic carbocycles. The van der Waals surface area contributed by atoms with Crippen LogP contribution < -0.4 is 0 Å². The number of hydrogen-bond acceptors (Lipinski definition) is 3. The zero-order chi connectivity index (χ0) is 12.2. The van der Waals surface area contributed by atoms with Crippen LogP contribution in [0.4, 0.5) is 0 Å². The molecule has 1 aliphatic rings. The number of allylic oxidation sites excluding steroid dienone is 2. The molecule has 2 unspecified atom stereocenters. The minimum absolute atomic E-state index is 0.170. The van der Waals surface area contributed by atoms with Crippen molar-refractivity contribution in [2.24, 2.45) is 5.92 Å². The fourth-order valence-corrected chi connectivity index (χ4v) is 1.84. The fourth-order valence-electron chi connectivity index (χ4n) is 1.63. The molecule has 90 valence electrons. The zero-order valence-electron chi connectivity index (χ0n) is 9.83. The van der Waals surface area contributed by atoms with Crippen LogP contribution in [0.25, 0.3) is 0 Å². The van der Waals surface area contributed by atoms with E-state index in [0.717, 1.165) is 6.42 Å². The molecule has 2 atom stereocenters. The van der Waals surface area contributed by atoms with E-state index in [-0.39, 0.29) is 11.7 Å². The van der Waals surface area contributed by atoms with Gasteiger partial charge in [-0.25, -0.2) is 0 Å². The second-order valence-corrected chi connectivity index (χ2v) is 4.25. The van der Waals surface area contributed by atoms with Crippen molar-refractivity contribution in [1.82, 2.24) is 0 Å². The highest BCUT2D eigenvalue weighted by Gasteiger charge is 2.35. The van der Waals surface area contributed by atoms with E-state index in [1.807, 2.05) is 6.92 Å². The van der Waals surface area contributed by atoms with Gasteiger partial charge in [0.25, 0.3) is 0 Å². The molecule has 0 bridgehead atoms. The lowest BCUT2D eigenvalue weighted by molar-refractivity contribution is -0.120. The Hall–Kier alpha value is -0.800. The van der Waals surface area contributed by atoms with Crippen molar-refractivity contribution in [2.75, 3.05) is 14.2 Å². The van der Waals surface area contributed by atoms with Gasteiger partial charge in [-0.1, -0.05) is 24.6 Å². The molecule has 0 aliphatic heterocycles. The van der Waals surface area contributed by atoms with Crippen LogP contribution in [0.3, 0.4) is 0 Å². The van der Waals surface area contributed by atoms with E-state index in [9.17, 15) is 4.79 Å². The van der Waals surface area contributed by atoms with Crippen molar-refractivity contribution in [3.05, 3.63) is 24.0 Å². The lowest BCUT2D eigenvalue weighted by Crippen LogP contribution is -2.30. The number of Topliss-reactive ketones (excluding diaryl/α,β-unsaturated/α-hetero) is 1. The topological polar surface area (TPSA) is 35.5 Å². The largest absolute Gasteiger partial charge is 0.497 e. The van der Waals surface area contributed by atoms with Gasteiger partial charge in [-0.2, -0.15) is 0 Å². The normalized spacial score (nSPS) is 28.8. The van der Waals surface area contributed by atoms with Gasteiger partial charge in [0.05, 0.1) is 13.0 Å². The second-order valence-electron chi connectivity index (χ2n) is 3.69. The summed E-state index contributed by atoms with van der Waals surface area (Å²) in [5.74, 6) is 0.383. The first kappa shape index (κ1) is 13.3. The van der Waals surface area contributed by atoms with E-state index in [2.05, 4.69) is 0 Å². The van der Waals surface area contributed by atoms with Crippen LogP contribution in [-0.4, -0.2) is 25.1 Å². The third-order valence-corrected chi connectivity index (χ3v) is 3.04. The number of halogens is 1. The van der Waals surface area contributed by atoms with E-state index in [0.29, 0.717) is 12.2 Å². The molecular weight excluding hydrogens is 228 g/mol. The summed E-state index contributed by atoms with van der Waals surface area (Å²) in [4.78, 5) is 11.7. The summed E-state index contributed by atoms with van der Waals surface area (Å²) < 4.78 is 10.3. The standard InChI is InChI=1S/C12H17ClO3/c1-4-5-10(14)9-6-7-12(13,16-3)11(8-9)15-2/h6-9H,4-5H2,1-3H3. The van der Waals surface area contributed by atoms with Crippen LogP contribution in [0.15, 0.2) is 24.0 Å². The van der Waals surface area contributed by atoms with Gasteiger partial charge in [0, 0.05) is 13.5 Å². The molecule has 0 aromatic rings. The lowest BCUT2D eigenvalue weighted by atomic mass is 9.94. The van der Waals surface area contributed by atoms with Crippen LogP contribution in [0, 0.1) is 5.92 Å². The predicted octanol–water partition coefficient (Wildman–Crippen LogP) is 2.65. The maximum absolute atomic E-state index is 11.7. The third kappa shape index (κ3) is 2.66. The van der Waals surface area contributed by atoms with Crippen molar-refractivity contribution in [3.8, 4) is 0 Å². The summed E-state index contributed by atoms with van der Waals surface area (Å²) >= 11 is 6.16. The average Bonchev–Trinajstić information content (AvgIpc) is 2.30. The molecule has 4 heteroatoms. The molecule has 0 heterocycles. The molecule has 1 rings (SSSR count). The van der Waals surface area contributed by atoms with Gasteiger partial charge in [0.2, 0.25) is 5.06 Å². The number of ketones is 1. The van der Waals surface area contributed by atoms with E-state index in [4.69, 9.17) is 21.1 Å². The van der Waals surface area contributed by atoms with Crippen LogP contribution in [0.1, 0.15) is 19.8 Å². The molecule has 3 nitrogen and oxygen atoms in total. The number of hydrogen-bond donors (Lipinski definition) is 0. The van der Waals surface area contributed by atoms with Crippen LogP contribution in [0.2, 0.25) is 0 Å². The summed E-state index contributed by atoms with van der Waals surface area (Å²) in [5, 5.41) is -1.07. The summed E-state index contributed by atoms with van der Waals surface area (Å²) in [7, 11) is 3.01. The lowest BCUT2D eigenvalue weighted by Gasteiger charge is -2.28. The van der Waals surface area contributed by atoms with Crippen LogP contribution >= 0.6 is 11.6 Å². The number of carbonyl (C=O) groups is 1. The van der Waals surface area contributed by atoms with Gasteiger partial charge < -0.3 is 9.47 Å². The smallest absolute Gasteiger partial charge is 0.217 e. The highest BCUT2D eigenvalue weighted by molar-refractivity contribution is 6.26. The van der Waals surface area contributed by atoms with Crippen molar-refractivity contribution >= 4 is 17.4 Å². The summed E-state index contributed by atoms with van der Waals surface area (Å²) in [6, 6.07) is 0. The first-order valence-corrected chi connectivity index (χ1v) is 5.67. The summed E-state index contributed by atoms with van der Waals surface area (Å²) in [6.45, 7) is 1.98. The third-order valence-electron chi connectivity index (χ3n) is 2.57. The Morgan fingerprint density at radius 2 is 2.25 bits per heavy atom. The quantitative estimate of drug-likeness (QED) is 0.551. The second kappa shape index (κ2) is 5.51. The van der Waals surface area contributed by atoms with Gasteiger partial charge in [0.15, 0.2) is 0 Å². The Morgan fingerprint density at radius 3 is 2.75 bits per heavy atom. The highest BCUT2D eigenvalue weighted by Crippen LogP contribution is 2.34. The summed E-state index contributed by atoms with van der Waals surface area (Å²) in [6.07, 6.45) is 6.54. The monoisotopic (exact) mass is 244 g/mol. The first-order valence-electron chi connectivity index (χ1n) is 5.29. The van der Waals surface area contributed by atoms with Crippen LogP contribution in [-0.2, 0) is 14.3 Å². The van der Waals surface area contributed by atoms with Crippen LogP contribution in [0.5, 0.6) is 0 Å². The number of rotatable bonds is 5. The van der Waals surface area contributed by atoms with Gasteiger partial charge in [-0.3, -0.25) is 4.79 Å². The molecule has 16 heavy (non-hydrogen) atoms. The first-order chi connectivity index (χ1) is 7.57. The minimum atomic E-state index is -1.07. The Kier molecular flexibility index (Phi) is 4.56. The molecule has 0 aromatic heterocycles. The van der Waals surface area contributed by atoms with Crippen molar-refractivity contribution in [3.63, 3.8) is 0 Å². The Balaban J connectivity index is 2.86. The van der Waals surface area contributed by atoms with E-state index < -0.39 is 5.06 Å². The molecule has 0 aromatic carbocycles. The molecule has 0 radical (unpaired) electrons. The summed E-state index contributed by atoms with van der Waals surface area (Å²) in [5.41, 5.74) is 0. The van der Waals surface area contributed by atoms with Gasteiger partial charge in [-0.15, -0.1) is 0 Å². The van der Waals surface area contributed by atoms with Crippen molar-refractivity contribution in [1.29, 1.82) is 0 Å². The molecule has 0 saturated carbocycles. The van der Waals surface area contributed by atoms with E-state index in [1.54, 1.807) is 18.2 Å². The van der Waals surface area contributed by atoms with Gasteiger partial charge >= 0.3 is 0 Å². The minimum Gasteiger partial charge on any atom is -0.497 e.